The van der Waals surface area contributed by atoms with Crippen molar-refractivity contribution < 1.29 is 9.90 Å². The predicted octanol–water partition coefficient (Wildman–Crippen LogP) is 0.948. The van der Waals surface area contributed by atoms with Crippen molar-refractivity contribution in [3.63, 3.8) is 0 Å². The number of rotatable bonds is 5. The molecule has 0 aliphatic rings. The molecule has 10 heavy (non-hydrogen) atoms. The number of carbonyl (C=O) groups excluding carboxylic acids is 1. The molecule has 0 fully saturated rings. The molecule has 4 heteroatoms. The Balaban J connectivity index is 2.96. The molecule has 1 N–H and O–H groups in total. The maximum Gasteiger partial charge on any atom is 0.214 e. The van der Waals surface area contributed by atoms with Gasteiger partial charge in [0.2, 0.25) is 5.12 Å². The summed E-state index contributed by atoms with van der Waals surface area (Å²) in [5.41, 5.74) is 0. The molecule has 0 unspecified atom stereocenters. The summed E-state index contributed by atoms with van der Waals surface area (Å²) in [6.45, 7) is -0.342. The Hall–Kier alpha value is 0.330. The molecule has 0 aliphatic heterocycles. The van der Waals surface area contributed by atoms with Gasteiger partial charge in [-0.05, 0) is 18.6 Å². The van der Waals surface area contributed by atoms with Crippen molar-refractivity contribution >= 4 is 29.5 Å². The van der Waals surface area contributed by atoms with E-state index < -0.39 is 0 Å². The normalized spacial score (nSPS) is 9.80. The average Bonchev–Trinajstić information content (AvgIpc) is 1.98. The number of hydrogen-bond donors (Lipinski definition) is 2. The minimum Gasteiger partial charge on any atom is -0.388 e. The van der Waals surface area contributed by atoms with Crippen molar-refractivity contribution in [3.8, 4) is 0 Å². The monoisotopic (exact) mass is 180 g/mol. The van der Waals surface area contributed by atoms with Gasteiger partial charge in [-0.25, -0.2) is 0 Å². The standard InChI is InChI=1S/C6H12O2S2/c7-5-6(8)10-4-2-1-3-9/h7,9H,1-5H2. The van der Waals surface area contributed by atoms with Gasteiger partial charge in [0.15, 0.2) is 0 Å². The van der Waals surface area contributed by atoms with Crippen LogP contribution < -0.4 is 0 Å². The van der Waals surface area contributed by atoms with E-state index in [-0.39, 0.29) is 11.7 Å². The van der Waals surface area contributed by atoms with Crippen LogP contribution in [0, 0.1) is 0 Å². The van der Waals surface area contributed by atoms with E-state index in [1.807, 2.05) is 0 Å². The first-order valence-electron chi connectivity index (χ1n) is 3.18. The molecular formula is C6H12O2S2. The number of thiol groups is 1. The molecule has 2 nitrogen and oxygen atoms in total. The van der Waals surface area contributed by atoms with E-state index in [1.54, 1.807) is 0 Å². The summed E-state index contributed by atoms with van der Waals surface area (Å²) in [6, 6.07) is 0. The SMILES string of the molecule is O=C(CO)SCCCCS. The molecule has 0 aromatic rings. The number of aliphatic hydroxyl groups excluding tert-OH is 1. The molecule has 0 aromatic heterocycles. The molecule has 0 rings (SSSR count). The highest BCUT2D eigenvalue weighted by Gasteiger charge is 1.97. The Morgan fingerprint density at radius 2 is 2.20 bits per heavy atom. The van der Waals surface area contributed by atoms with Gasteiger partial charge in [0.05, 0.1) is 0 Å². The van der Waals surface area contributed by atoms with Gasteiger partial charge in [0.25, 0.3) is 0 Å². The van der Waals surface area contributed by atoms with Gasteiger partial charge in [-0.15, -0.1) is 0 Å². The molecule has 0 saturated heterocycles. The van der Waals surface area contributed by atoms with Crippen LogP contribution in [0.3, 0.4) is 0 Å². The summed E-state index contributed by atoms with van der Waals surface area (Å²) in [5, 5.41) is 8.17. The first kappa shape index (κ1) is 10.3. The molecule has 0 atom stereocenters. The first-order chi connectivity index (χ1) is 4.81. The van der Waals surface area contributed by atoms with Crippen LogP contribution in [0.15, 0.2) is 0 Å². The fourth-order valence-electron chi connectivity index (χ4n) is 0.446. The number of thioether (sulfide) groups is 1. The zero-order valence-corrected chi connectivity index (χ0v) is 7.46. The lowest BCUT2D eigenvalue weighted by atomic mass is 10.4. The average molecular weight is 180 g/mol. The lowest BCUT2D eigenvalue weighted by molar-refractivity contribution is -0.113. The zero-order valence-electron chi connectivity index (χ0n) is 5.75. The summed E-state index contributed by atoms with van der Waals surface area (Å²) in [5.74, 6) is 1.67. The summed E-state index contributed by atoms with van der Waals surface area (Å²) < 4.78 is 0. The number of aliphatic hydroxyl groups is 1. The molecule has 0 amide bonds. The number of unbranched alkanes of at least 4 members (excludes halogenated alkanes) is 1. The van der Waals surface area contributed by atoms with Gasteiger partial charge in [-0.3, -0.25) is 4.79 Å². The van der Waals surface area contributed by atoms with E-state index >= 15 is 0 Å². The first-order valence-corrected chi connectivity index (χ1v) is 4.80. The summed E-state index contributed by atoms with van der Waals surface area (Å²) in [4.78, 5) is 10.5. The third kappa shape index (κ3) is 6.45. The second-order valence-corrected chi connectivity index (χ2v) is 3.41. The fourth-order valence-corrected chi connectivity index (χ4v) is 1.34. The second kappa shape index (κ2) is 7.44. The molecule has 0 bridgehead atoms. The van der Waals surface area contributed by atoms with Crippen molar-refractivity contribution in [1.29, 1.82) is 0 Å². The van der Waals surface area contributed by atoms with Gasteiger partial charge in [0.1, 0.15) is 6.61 Å². The minimum absolute atomic E-state index is 0.140. The third-order valence-electron chi connectivity index (χ3n) is 0.945. The third-order valence-corrected chi connectivity index (χ3v) is 2.20. The molecular weight excluding hydrogens is 168 g/mol. The van der Waals surface area contributed by atoms with Crippen LogP contribution in [0.4, 0.5) is 0 Å². The predicted molar refractivity (Wildman–Crippen MR) is 47.6 cm³/mol. The van der Waals surface area contributed by atoms with Crippen molar-refractivity contribution in [2.75, 3.05) is 18.1 Å². The largest absolute Gasteiger partial charge is 0.388 e. The molecule has 0 spiro atoms. The number of hydrogen-bond acceptors (Lipinski definition) is 4. The fraction of sp³-hybridized carbons (Fsp3) is 0.833. The molecule has 0 aliphatic carbocycles. The van der Waals surface area contributed by atoms with E-state index in [1.165, 1.54) is 11.8 Å². The van der Waals surface area contributed by atoms with E-state index in [2.05, 4.69) is 12.6 Å². The Bertz CT molecular complexity index is 95.7. The van der Waals surface area contributed by atoms with E-state index in [0.29, 0.717) is 0 Å². The minimum atomic E-state index is -0.342. The van der Waals surface area contributed by atoms with Crippen molar-refractivity contribution in [2.45, 2.75) is 12.8 Å². The quantitative estimate of drug-likeness (QED) is 0.488. The van der Waals surface area contributed by atoms with Gasteiger partial charge in [0, 0.05) is 5.75 Å². The lowest BCUT2D eigenvalue weighted by Gasteiger charge is -1.95. The maximum atomic E-state index is 10.5. The van der Waals surface area contributed by atoms with Crippen LogP contribution in [0.1, 0.15) is 12.8 Å². The van der Waals surface area contributed by atoms with Gasteiger partial charge >= 0.3 is 0 Å². The van der Waals surface area contributed by atoms with Crippen molar-refractivity contribution in [2.24, 2.45) is 0 Å². The highest BCUT2D eigenvalue weighted by Crippen LogP contribution is 2.05. The van der Waals surface area contributed by atoms with Crippen molar-refractivity contribution in [1.82, 2.24) is 0 Å². The van der Waals surface area contributed by atoms with Crippen LogP contribution in [0.5, 0.6) is 0 Å². The number of carbonyl (C=O) groups is 1. The van der Waals surface area contributed by atoms with Crippen LogP contribution in [0.2, 0.25) is 0 Å². The van der Waals surface area contributed by atoms with E-state index in [0.717, 1.165) is 24.3 Å². The molecule has 0 heterocycles. The Morgan fingerprint density at radius 1 is 1.50 bits per heavy atom. The Labute approximate surface area is 70.8 Å². The topological polar surface area (TPSA) is 37.3 Å². The van der Waals surface area contributed by atoms with E-state index in [9.17, 15) is 4.79 Å². The maximum absolute atomic E-state index is 10.5. The van der Waals surface area contributed by atoms with E-state index in [4.69, 9.17) is 5.11 Å². The molecule has 0 saturated carbocycles. The van der Waals surface area contributed by atoms with Crippen molar-refractivity contribution in [3.05, 3.63) is 0 Å². The summed E-state index contributed by atoms with van der Waals surface area (Å²) in [6.07, 6.45) is 2.04. The van der Waals surface area contributed by atoms with Gasteiger partial charge < -0.3 is 5.11 Å². The lowest BCUT2D eigenvalue weighted by Crippen LogP contribution is -1.98. The van der Waals surface area contributed by atoms with Gasteiger partial charge in [-0.2, -0.15) is 12.6 Å². The smallest absolute Gasteiger partial charge is 0.214 e. The highest BCUT2D eigenvalue weighted by atomic mass is 32.2. The molecule has 0 aromatic carbocycles. The highest BCUT2D eigenvalue weighted by molar-refractivity contribution is 8.13. The van der Waals surface area contributed by atoms with Crippen LogP contribution in [-0.2, 0) is 4.79 Å². The summed E-state index contributed by atoms with van der Waals surface area (Å²) in [7, 11) is 0. The molecule has 0 radical (unpaired) electrons. The molecule has 60 valence electrons. The Morgan fingerprint density at radius 3 is 2.70 bits per heavy atom. The Kier molecular flexibility index (Phi) is 7.68. The van der Waals surface area contributed by atoms with Crippen LogP contribution >= 0.6 is 24.4 Å². The second-order valence-electron chi connectivity index (χ2n) is 1.81. The van der Waals surface area contributed by atoms with Gasteiger partial charge in [-0.1, -0.05) is 11.8 Å². The summed E-state index contributed by atoms with van der Waals surface area (Å²) >= 11 is 5.22. The van der Waals surface area contributed by atoms with Crippen LogP contribution in [-0.4, -0.2) is 28.3 Å². The van der Waals surface area contributed by atoms with Crippen LogP contribution in [0.25, 0.3) is 0 Å². The zero-order chi connectivity index (χ0) is 7.82.